The number of halogens is 4. The van der Waals surface area contributed by atoms with E-state index in [4.69, 9.17) is 5.73 Å². The molecule has 0 spiro atoms. The van der Waals surface area contributed by atoms with Gasteiger partial charge in [0, 0.05) is 18.5 Å². The summed E-state index contributed by atoms with van der Waals surface area (Å²) in [5, 5.41) is 1.90. The van der Waals surface area contributed by atoms with Crippen molar-refractivity contribution in [1.82, 2.24) is 5.32 Å². The van der Waals surface area contributed by atoms with Gasteiger partial charge >= 0.3 is 6.18 Å². The van der Waals surface area contributed by atoms with Gasteiger partial charge in [-0.2, -0.15) is 13.2 Å². The molecule has 0 aromatic heterocycles. The maximum Gasteiger partial charge on any atom is 0.416 e. The van der Waals surface area contributed by atoms with Crippen molar-refractivity contribution in [2.45, 2.75) is 73.2 Å². The molecular weight excluding hydrogens is 424 g/mol. The zero-order chi connectivity index (χ0) is 22.2. The minimum Gasteiger partial charge on any atom is -0.356 e. The van der Waals surface area contributed by atoms with Gasteiger partial charge in [-0.15, -0.1) is 0 Å². The highest BCUT2D eigenvalue weighted by molar-refractivity contribution is 7.92. The lowest BCUT2D eigenvalue weighted by atomic mass is 9.80. The molecule has 0 unspecified atom stereocenters. The number of amides is 1. The Morgan fingerprint density at radius 1 is 1.13 bits per heavy atom. The van der Waals surface area contributed by atoms with Crippen LogP contribution >= 0.6 is 0 Å². The summed E-state index contributed by atoms with van der Waals surface area (Å²) in [7, 11) is -4.08. The van der Waals surface area contributed by atoms with Crippen molar-refractivity contribution >= 4 is 15.7 Å². The first-order valence-corrected chi connectivity index (χ1v) is 11.6. The third kappa shape index (κ3) is 5.32. The largest absolute Gasteiger partial charge is 0.416 e. The highest BCUT2D eigenvalue weighted by atomic mass is 32.2. The molecule has 5 nitrogen and oxygen atoms in total. The van der Waals surface area contributed by atoms with E-state index in [1.165, 1.54) is 0 Å². The Morgan fingerprint density at radius 2 is 1.77 bits per heavy atom. The highest BCUT2D eigenvalue weighted by Gasteiger charge is 2.41. The Morgan fingerprint density at radius 3 is 2.37 bits per heavy atom. The number of rotatable bonds is 6. The number of nitrogens with two attached hydrogens (primary N) is 1. The van der Waals surface area contributed by atoms with Gasteiger partial charge in [-0.1, -0.05) is 19.3 Å². The highest BCUT2D eigenvalue weighted by Crippen LogP contribution is 2.38. The quantitative estimate of drug-likeness (QED) is 0.649. The number of benzene rings is 1. The van der Waals surface area contributed by atoms with Gasteiger partial charge in [0.05, 0.1) is 15.7 Å². The van der Waals surface area contributed by atoms with Crippen molar-refractivity contribution in [3.8, 4) is 0 Å². The van der Waals surface area contributed by atoms with Crippen LogP contribution in [0.4, 0.5) is 17.6 Å². The predicted octanol–water partition coefficient (Wildman–Crippen LogP) is 3.56. The molecule has 1 amide bonds. The van der Waals surface area contributed by atoms with Gasteiger partial charge in [0.1, 0.15) is 5.82 Å². The van der Waals surface area contributed by atoms with Crippen molar-refractivity contribution in [3.05, 3.63) is 29.6 Å². The first-order chi connectivity index (χ1) is 13.9. The molecule has 3 N–H and O–H groups in total. The summed E-state index contributed by atoms with van der Waals surface area (Å²) in [4.78, 5) is 11.5. The molecule has 2 fully saturated rings. The lowest BCUT2D eigenvalue weighted by Crippen LogP contribution is -2.47. The monoisotopic (exact) mass is 450 g/mol. The van der Waals surface area contributed by atoms with Gasteiger partial charge < -0.3 is 11.1 Å². The van der Waals surface area contributed by atoms with Crippen molar-refractivity contribution in [1.29, 1.82) is 0 Å². The number of hydrogen-bond acceptors (Lipinski definition) is 4. The van der Waals surface area contributed by atoms with E-state index in [1.807, 2.05) is 0 Å². The van der Waals surface area contributed by atoms with Gasteiger partial charge in [0.25, 0.3) is 0 Å². The van der Waals surface area contributed by atoms with Crippen LogP contribution in [0, 0.1) is 11.7 Å². The Hall–Kier alpha value is -1.68. The summed E-state index contributed by atoms with van der Waals surface area (Å²) in [5.41, 5.74) is 4.44. The zero-order valence-corrected chi connectivity index (χ0v) is 17.3. The molecule has 0 bridgehead atoms. The topological polar surface area (TPSA) is 89.3 Å². The third-order valence-electron chi connectivity index (χ3n) is 6.11. The average molecular weight is 450 g/mol. The molecule has 2 saturated carbocycles. The molecule has 0 radical (unpaired) electrons. The molecule has 30 heavy (non-hydrogen) atoms. The molecule has 3 rings (SSSR count). The molecule has 0 saturated heterocycles. The molecule has 1 aromatic rings. The fourth-order valence-electron chi connectivity index (χ4n) is 4.25. The molecule has 168 valence electrons. The molecule has 0 heterocycles. The van der Waals surface area contributed by atoms with E-state index in [2.05, 4.69) is 5.32 Å². The third-order valence-corrected chi connectivity index (χ3v) is 8.26. The summed E-state index contributed by atoms with van der Waals surface area (Å²) in [6, 6.07) is 1.36. The Balaban J connectivity index is 1.53. The van der Waals surface area contributed by atoms with E-state index in [9.17, 15) is 30.8 Å². The van der Waals surface area contributed by atoms with E-state index in [-0.39, 0.29) is 43.7 Å². The zero-order valence-electron chi connectivity index (χ0n) is 16.5. The lowest BCUT2D eigenvalue weighted by Gasteiger charge is -2.36. The minimum atomic E-state index is -4.84. The van der Waals surface area contributed by atoms with E-state index in [1.54, 1.807) is 0 Å². The lowest BCUT2D eigenvalue weighted by molar-refractivity contribution is -0.138. The van der Waals surface area contributed by atoms with Crippen LogP contribution in [0.25, 0.3) is 0 Å². The van der Waals surface area contributed by atoms with Crippen LogP contribution in [-0.4, -0.2) is 31.7 Å². The number of sulfone groups is 1. The second-order valence-corrected chi connectivity index (χ2v) is 10.8. The number of nitrogens with one attached hydrogen (secondary N) is 1. The maximum atomic E-state index is 13.6. The van der Waals surface area contributed by atoms with Gasteiger partial charge in [-0.05, 0) is 49.8 Å². The van der Waals surface area contributed by atoms with Crippen molar-refractivity contribution in [3.63, 3.8) is 0 Å². The van der Waals surface area contributed by atoms with Crippen LogP contribution in [0.5, 0.6) is 0 Å². The van der Waals surface area contributed by atoms with Gasteiger partial charge in [-0.3, -0.25) is 4.79 Å². The molecule has 0 aliphatic heterocycles. The molecular formula is C20H26F4N2O3S. The predicted molar refractivity (Wildman–Crippen MR) is 103 cm³/mol. The van der Waals surface area contributed by atoms with E-state index >= 15 is 0 Å². The van der Waals surface area contributed by atoms with E-state index in [0.717, 1.165) is 32.1 Å². The second-order valence-electron chi connectivity index (χ2n) is 8.58. The van der Waals surface area contributed by atoms with E-state index in [0.29, 0.717) is 12.1 Å². The fraction of sp³-hybridized carbons (Fsp3) is 0.650. The second kappa shape index (κ2) is 8.45. The molecule has 2 aliphatic rings. The number of carbonyl (C=O) groups excluding carboxylic acids is 1. The van der Waals surface area contributed by atoms with Gasteiger partial charge in [-0.25, -0.2) is 12.8 Å². The van der Waals surface area contributed by atoms with Crippen LogP contribution in [0.2, 0.25) is 0 Å². The smallest absolute Gasteiger partial charge is 0.356 e. The first-order valence-electron chi connectivity index (χ1n) is 10.1. The summed E-state index contributed by atoms with van der Waals surface area (Å²) >= 11 is 0. The fourth-order valence-corrected chi connectivity index (χ4v) is 6.25. The molecule has 1 aromatic carbocycles. The normalized spacial score (nSPS) is 24.2. The number of hydrogen-bond donors (Lipinski definition) is 2. The van der Waals surface area contributed by atoms with Crippen LogP contribution < -0.4 is 11.1 Å². The Kier molecular flexibility index (Phi) is 6.48. The van der Waals surface area contributed by atoms with Crippen LogP contribution in [0.3, 0.4) is 0 Å². The SMILES string of the molecule is NC1(CC(=O)NC[C@H]2C[C@H](S(=O)(=O)c3cc(F)cc(C(F)(F)F)c3)C2)CCCCC1. The summed E-state index contributed by atoms with van der Waals surface area (Å²) in [6.45, 7) is 0.290. The van der Waals surface area contributed by atoms with Crippen LogP contribution in [0.15, 0.2) is 23.1 Å². The molecule has 10 heteroatoms. The summed E-state index contributed by atoms with van der Waals surface area (Å²) in [5.74, 6) is -1.51. The summed E-state index contributed by atoms with van der Waals surface area (Å²) < 4.78 is 77.3. The summed E-state index contributed by atoms with van der Waals surface area (Å²) in [6.07, 6.45) is 0.527. The standard InChI is InChI=1S/C20H26F4N2O3S/c21-15-8-14(20(22,23)24)9-17(10-15)30(28,29)16-6-13(7-16)12-26-18(27)11-19(25)4-2-1-3-5-19/h8-10,13,16H,1-7,11-12,25H2,(H,26,27)/t13-,16-. The first kappa shape index (κ1) is 23.0. The molecule has 2 aliphatic carbocycles. The van der Waals surface area contributed by atoms with Crippen molar-refractivity contribution < 1.29 is 30.8 Å². The van der Waals surface area contributed by atoms with Crippen molar-refractivity contribution in [2.24, 2.45) is 11.7 Å². The number of alkyl halides is 3. The number of carbonyl (C=O) groups is 1. The molecule has 0 atom stereocenters. The van der Waals surface area contributed by atoms with Crippen LogP contribution in [0.1, 0.15) is 56.9 Å². The van der Waals surface area contributed by atoms with Crippen molar-refractivity contribution in [2.75, 3.05) is 6.54 Å². The van der Waals surface area contributed by atoms with Gasteiger partial charge in [0.15, 0.2) is 9.84 Å². The Bertz CT molecular complexity index is 890. The average Bonchev–Trinajstić information content (AvgIpc) is 2.59. The van der Waals surface area contributed by atoms with Gasteiger partial charge in [0.2, 0.25) is 5.91 Å². The maximum absolute atomic E-state index is 13.6. The minimum absolute atomic E-state index is 0.0931. The Labute approximate surface area is 173 Å². The van der Waals surface area contributed by atoms with E-state index < -0.39 is 43.1 Å². The van der Waals surface area contributed by atoms with Crippen LogP contribution in [-0.2, 0) is 20.8 Å².